The molecule has 0 unspecified atom stereocenters. The number of hydrogen-bond donors (Lipinski definition) is 2. The highest BCUT2D eigenvalue weighted by molar-refractivity contribution is 5.94. The molecule has 0 spiro atoms. The lowest BCUT2D eigenvalue weighted by atomic mass is 10.1. The lowest BCUT2D eigenvalue weighted by Gasteiger charge is -2.07. The van der Waals surface area contributed by atoms with Gasteiger partial charge in [0.2, 0.25) is 0 Å². The van der Waals surface area contributed by atoms with E-state index in [-0.39, 0.29) is 5.56 Å². The van der Waals surface area contributed by atoms with Gasteiger partial charge in [-0.2, -0.15) is 5.10 Å². The van der Waals surface area contributed by atoms with Crippen LogP contribution in [0.15, 0.2) is 46.3 Å². The first-order valence-electron chi connectivity index (χ1n) is 7.12. The van der Waals surface area contributed by atoms with Crippen LogP contribution in [0.2, 0.25) is 0 Å². The SMILES string of the molecule is Cc1cc(C)n(/N=C\c2cc3ccccc3[nH]2)c(=O)c1C(N)=O. The number of para-hydroxylation sites is 1. The van der Waals surface area contributed by atoms with Crippen LogP contribution in [0.5, 0.6) is 0 Å². The number of carbonyl (C=O) groups excluding carboxylic acids is 1. The molecule has 3 rings (SSSR count). The van der Waals surface area contributed by atoms with Gasteiger partial charge in [-0.1, -0.05) is 18.2 Å². The third kappa shape index (κ3) is 2.66. The summed E-state index contributed by atoms with van der Waals surface area (Å²) in [6.07, 6.45) is 1.55. The number of aromatic nitrogens is 2. The second kappa shape index (κ2) is 5.57. The zero-order valence-corrected chi connectivity index (χ0v) is 12.8. The van der Waals surface area contributed by atoms with E-state index in [0.29, 0.717) is 11.3 Å². The third-order valence-corrected chi connectivity index (χ3v) is 3.67. The van der Waals surface area contributed by atoms with Crippen LogP contribution < -0.4 is 11.3 Å². The topological polar surface area (TPSA) is 93.2 Å². The summed E-state index contributed by atoms with van der Waals surface area (Å²) in [6, 6.07) is 11.5. The minimum Gasteiger partial charge on any atom is -0.365 e. The molecule has 0 saturated carbocycles. The Bertz CT molecular complexity index is 962. The summed E-state index contributed by atoms with van der Waals surface area (Å²) < 4.78 is 1.18. The third-order valence-electron chi connectivity index (χ3n) is 3.67. The number of aromatic amines is 1. The Kier molecular flexibility index (Phi) is 3.57. The normalized spacial score (nSPS) is 11.4. The first-order chi connectivity index (χ1) is 11.0. The second-order valence-electron chi connectivity index (χ2n) is 5.38. The molecule has 1 aromatic carbocycles. The van der Waals surface area contributed by atoms with Crippen LogP contribution in [0.4, 0.5) is 0 Å². The van der Waals surface area contributed by atoms with Crippen molar-refractivity contribution in [2.75, 3.05) is 0 Å². The van der Waals surface area contributed by atoms with Gasteiger partial charge in [0.15, 0.2) is 0 Å². The molecule has 3 aromatic rings. The lowest BCUT2D eigenvalue weighted by Crippen LogP contribution is -2.30. The number of pyridine rings is 1. The van der Waals surface area contributed by atoms with Crippen molar-refractivity contribution in [3.05, 3.63) is 69.3 Å². The molecule has 2 heterocycles. The number of fused-ring (bicyclic) bond motifs is 1. The Hall–Kier alpha value is -3.15. The van der Waals surface area contributed by atoms with E-state index in [4.69, 9.17) is 5.73 Å². The van der Waals surface area contributed by atoms with Crippen LogP contribution in [-0.2, 0) is 0 Å². The minimum atomic E-state index is -0.748. The fraction of sp³-hybridized carbons (Fsp3) is 0.118. The van der Waals surface area contributed by atoms with E-state index < -0.39 is 11.5 Å². The molecule has 1 amide bonds. The fourth-order valence-corrected chi connectivity index (χ4v) is 2.61. The van der Waals surface area contributed by atoms with Gasteiger partial charge in [-0.25, -0.2) is 4.68 Å². The maximum absolute atomic E-state index is 12.4. The standard InChI is InChI=1S/C17H16N4O2/c1-10-7-11(2)21(17(23)15(10)16(18)22)19-9-13-8-12-5-3-4-6-14(12)20-13/h3-9,20H,1-2H3,(H2,18,22)/b19-9-. The zero-order chi connectivity index (χ0) is 16.6. The Labute approximate surface area is 132 Å². The highest BCUT2D eigenvalue weighted by Crippen LogP contribution is 2.13. The number of nitrogens with one attached hydrogen (secondary N) is 1. The fourth-order valence-electron chi connectivity index (χ4n) is 2.61. The van der Waals surface area contributed by atoms with Gasteiger partial charge < -0.3 is 10.7 Å². The number of nitrogens with zero attached hydrogens (tertiary/aromatic N) is 2. The molecular formula is C17H16N4O2. The molecule has 0 fully saturated rings. The molecule has 0 bridgehead atoms. The summed E-state index contributed by atoms with van der Waals surface area (Å²) in [4.78, 5) is 27.0. The molecule has 116 valence electrons. The highest BCUT2D eigenvalue weighted by atomic mass is 16.2. The highest BCUT2D eigenvalue weighted by Gasteiger charge is 2.14. The van der Waals surface area contributed by atoms with Crippen LogP contribution in [-0.4, -0.2) is 21.8 Å². The van der Waals surface area contributed by atoms with Crippen LogP contribution in [0.1, 0.15) is 27.3 Å². The molecular weight excluding hydrogens is 292 g/mol. The van der Waals surface area contributed by atoms with Crippen LogP contribution in [0.3, 0.4) is 0 Å². The monoisotopic (exact) mass is 308 g/mol. The van der Waals surface area contributed by atoms with Gasteiger partial charge in [0.1, 0.15) is 5.56 Å². The summed E-state index contributed by atoms with van der Waals surface area (Å²) in [7, 11) is 0. The van der Waals surface area contributed by atoms with Gasteiger partial charge in [0, 0.05) is 16.6 Å². The molecule has 0 aliphatic rings. The number of nitrogens with two attached hydrogens (primary N) is 1. The van der Waals surface area contributed by atoms with Crippen molar-refractivity contribution in [1.82, 2.24) is 9.66 Å². The number of carbonyl (C=O) groups is 1. The van der Waals surface area contributed by atoms with Gasteiger partial charge in [-0.05, 0) is 37.6 Å². The molecule has 0 radical (unpaired) electrons. The molecule has 23 heavy (non-hydrogen) atoms. The van der Waals surface area contributed by atoms with Crippen molar-refractivity contribution in [1.29, 1.82) is 0 Å². The van der Waals surface area contributed by atoms with Crippen molar-refractivity contribution in [2.45, 2.75) is 13.8 Å². The quantitative estimate of drug-likeness (QED) is 0.723. The van der Waals surface area contributed by atoms with Crippen molar-refractivity contribution in [3.63, 3.8) is 0 Å². The lowest BCUT2D eigenvalue weighted by molar-refractivity contribution is 0.0997. The summed E-state index contributed by atoms with van der Waals surface area (Å²) in [5.41, 5.74) is 7.66. The molecule has 3 N–H and O–H groups in total. The summed E-state index contributed by atoms with van der Waals surface area (Å²) in [5.74, 6) is -0.748. The van der Waals surface area contributed by atoms with Gasteiger partial charge in [-0.3, -0.25) is 9.59 Å². The van der Waals surface area contributed by atoms with Gasteiger partial charge in [0.25, 0.3) is 11.5 Å². The van der Waals surface area contributed by atoms with Gasteiger partial charge in [0.05, 0.1) is 11.9 Å². The molecule has 0 aliphatic heterocycles. The van der Waals surface area contributed by atoms with Crippen molar-refractivity contribution in [2.24, 2.45) is 10.8 Å². The Morgan fingerprint density at radius 3 is 2.70 bits per heavy atom. The summed E-state index contributed by atoms with van der Waals surface area (Å²) in [6.45, 7) is 3.43. The zero-order valence-electron chi connectivity index (χ0n) is 12.8. The Morgan fingerprint density at radius 1 is 1.26 bits per heavy atom. The van der Waals surface area contributed by atoms with Crippen molar-refractivity contribution >= 4 is 23.0 Å². The number of benzene rings is 1. The minimum absolute atomic E-state index is 0.0376. The van der Waals surface area contributed by atoms with Gasteiger partial charge >= 0.3 is 0 Å². The number of H-pyrrole nitrogens is 1. The molecule has 0 saturated heterocycles. The average molecular weight is 308 g/mol. The van der Waals surface area contributed by atoms with Crippen LogP contribution >= 0.6 is 0 Å². The maximum atomic E-state index is 12.4. The number of rotatable bonds is 3. The van der Waals surface area contributed by atoms with E-state index in [9.17, 15) is 9.59 Å². The van der Waals surface area contributed by atoms with Crippen molar-refractivity contribution < 1.29 is 4.79 Å². The second-order valence-corrected chi connectivity index (χ2v) is 5.38. The van der Waals surface area contributed by atoms with E-state index in [1.165, 1.54) is 4.68 Å². The Balaban J connectivity index is 2.07. The van der Waals surface area contributed by atoms with E-state index in [1.807, 2.05) is 30.3 Å². The van der Waals surface area contributed by atoms with Crippen LogP contribution in [0, 0.1) is 13.8 Å². The first kappa shape index (κ1) is 14.8. The van der Waals surface area contributed by atoms with Crippen molar-refractivity contribution in [3.8, 4) is 0 Å². The number of aryl methyl sites for hydroxylation is 2. The van der Waals surface area contributed by atoms with E-state index in [2.05, 4.69) is 10.1 Å². The van der Waals surface area contributed by atoms with E-state index >= 15 is 0 Å². The molecule has 6 nitrogen and oxygen atoms in total. The average Bonchev–Trinajstić information content (AvgIpc) is 2.88. The number of primary amides is 1. The Morgan fingerprint density at radius 2 is 2.00 bits per heavy atom. The summed E-state index contributed by atoms with van der Waals surface area (Å²) >= 11 is 0. The predicted molar refractivity (Wildman–Crippen MR) is 90.0 cm³/mol. The van der Waals surface area contributed by atoms with Gasteiger partial charge in [-0.15, -0.1) is 0 Å². The predicted octanol–water partition coefficient (Wildman–Crippen LogP) is 1.93. The molecule has 2 aromatic heterocycles. The molecule has 6 heteroatoms. The van der Waals surface area contributed by atoms with E-state index in [0.717, 1.165) is 16.6 Å². The molecule has 0 atom stereocenters. The smallest absolute Gasteiger partial charge is 0.284 e. The maximum Gasteiger partial charge on any atom is 0.284 e. The molecule has 0 aliphatic carbocycles. The first-order valence-corrected chi connectivity index (χ1v) is 7.12. The number of amides is 1. The van der Waals surface area contributed by atoms with Crippen LogP contribution in [0.25, 0.3) is 10.9 Å². The van der Waals surface area contributed by atoms with E-state index in [1.54, 1.807) is 26.1 Å². The number of hydrogen-bond acceptors (Lipinski definition) is 3. The summed E-state index contributed by atoms with van der Waals surface area (Å²) in [5, 5.41) is 5.25. The largest absolute Gasteiger partial charge is 0.365 e.